The summed E-state index contributed by atoms with van der Waals surface area (Å²) in [6.45, 7) is 0. The fraction of sp³-hybridized carbons (Fsp3) is 0.182. The number of ether oxygens (including phenoxy) is 1. The number of hydrogen-bond acceptors (Lipinski definition) is 4. The molecule has 0 aliphatic heterocycles. The van der Waals surface area contributed by atoms with Gasteiger partial charge in [0, 0.05) is 15.4 Å². The zero-order valence-corrected chi connectivity index (χ0v) is 12.8. The average Bonchev–Trinajstić information content (AvgIpc) is 2.75. The topological polar surface area (TPSA) is 42.4 Å². The van der Waals surface area contributed by atoms with Crippen LogP contribution in [0.25, 0.3) is 0 Å². The van der Waals surface area contributed by atoms with E-state index in [0.717, 1.165) is 9.08 Å². The van der Waals surface area contributed by atoms with E-state index in [2.05, 4.69) is 36.8 Å². The molecular weight excluding hydrogens is 370 g/mol. The van der Waals surface area contributed by atoms with Crippen molar-refractivity contribution >= 4 is 43.2 Å². The summed E-state index contributed by atoms with van der Waals surface area (Å²) in [5.74, 6) is 0.645. The van der Waals surface area contributed by atoms with Crippen molar-refractivity contribution in [1.29, 1.82) is 0 Å². The fourth-order valence-electron chi connectivity index (χ4n) is 1.44. The third kappa shape index (κ3) is 2.88. The van der Waals surface area contributed by atoms with E-state index in [9.17, 15) is 5.11 Å². The molecule has 0 aliphatic carbocycles. The zero-order valence-electron chi connectivity index (χ0n) is 8.85. The molecule has 90 valence electrons. The molecule has 3 nitrogen and oxygen atoms in total. The minimum Gasteiger partial charge on any atom is -0.496 e. The van der Waals surface area contributed by atoms with Gasteiger partial charge in [0.1, 0.15) is 21.5 Å². The standard InChI is InChI=1S/C11H9Br2NO2S/c1-16-8-3-2-6(12)4-7(8)10(15)11-14-9(13)5-17-11/h2-5,10,15H,1H3. The Morgan fingerprint density at radius 3 is 2.76 bits per heavy atom. The van der Waals surface area contributed by atoms with Crippen LogP contribution in [-0.4, -0.2) is 17.2 Å². The first-order valence-electron chi connectivity index (χ1n) is 4.74. The highest BCUT2D eigenvalue weighted by atomic mass is 79.9. The van der Waals surface area contributed by atoms with Crippen LogP contribution in [0.1, 0.15) is 16.7 Å². The summed E-state index contributed by atoms with van der Waals surface area (Å²) in [5, 5.41) is 12.7. The van der Waals surface area contributed by atoms with Gasteiger partial charge < -0.3 is 9.84 Å². The van der Waals surface area contributed by atoms with E-state index < -0.39 is 6.10 Å². The van der Waals surface area contributed by atoms with Crippen LogP contribution in [0.15, 0.2) is 32.7 Å². The third-order valence-electron chi connectivity index (χ3n) is 2.21. The first kappa shape index (κ1) is 13.0. The largest absolute Gasteiger partial charge is 0.496 e. The van der Waals surface area contributed by atoms with Gasteiger partial charge in [-0.1, -0.05) is 15.9 Å². The van der Waals surface area contributed by atoms with Gasteiger partial charge in [0.15, 0.2) is 0 Å². The molecule has 1 aromatic heterocycles. The number of halogens is 2. The van der Waals surface area contributed by atoms with Crippen LogP contribution in [0.4, 0.5) is 0 Å². The van der Waals surface area contributed by atoms with Crippen LogP contribution in [0.3, 0.4) is 0 Å². The number of hydrogen-bond donors (Lipinski definition) is 1. The Morgan fingerprint density at radius 2 is 2.18 bits per heavy atom. The average molecular weight is 379 g/mol. The molecule has 6 heteroatoms. The minimum atomic E-state index is -0.779. The van der Waals surface area contributed by atoms with E-state index in [0.29, 0.717) is 16.3 Å². The lowest BCUT2D eigenvalue weighted by atomic mass is 10.1. The zero-order chi connectivity index (χ0) is 12.4. The molecule has 0 fully saturated rings. The molecule has 0 amide bonds. The second-order valence-corrected chi connectivity index (χ2v) is 5.92. The lowest BCUT2D eigenvalue weighted by molar-refractivity contribution is 0.214. The lowest BCUT2D eigenvalue weighted by Gasteiger charge is -2.13. The van der Waals surface area contributed by atoms with Gasteiger partial charge in [-0.2, -0.15) is 0 Å². The number of aromatic nitrogens is 1. The SMILES string of the molecule is COc1ccc(Br)cc1C(O)c1nc(Br)cs1. The van der Waals surface area contributed by atoms with Crippen LogP contribution in [0.2, 0.25) is 0 Å². The second kappa shape index (κ2) is 5.48. The normalized spacial score (nSPS) is 12.5. The van der Waals surface area contributed by atoms with Crippen molar-refractivity contribution in [2.45, 2.75) is 6.10 Å². The molecule has 0 radical (unpaired) electrons. The van der Waals surface area contributed by atoms with Crippen molar-refractivity contribution in [2.24, 2.45) is 0 Å². The summed E-state index contributed by atoms with van der Waals surface area (Å²) in [4.78, 5) is 4.21. The maximum Gasteiger partial charge on any atom is 0.134 e. The molecule has 0 saturated heterocycles. The number of rotatable bonds is 3. The highest BCUT2D eigenvalue weighted by Gasteiger charge is 2.18. The number of thiazole rings is 1. The van der Waals surface area contributed by atoms with E-state index >= 15 is 0 Å². The Kier molecular flexibility index (Phi) is 4.19. The van der Waals surface area contributed by atoms with Gasteiger partial charge in [-0.05, 0) is 34.1 Å². The Balaban J connectivity index is 2.42. The van der Waals surface area contributed by atoms with Crippen LogP contribution < -0.4 is 4.74 Å². The summed E-state index contributed by atoms with van der Waals surface area (Å²) >= 11 is 8.05. The summed E-state index contributed by atoms with van der Waals surface area (Å²) < 4.78 is 6.85. The Hall–Kier alpha value is -0.430. The molecule has 1 atom stereocenters. The number of aliphatic hydroxyl groups excluding tert-OH is 1. The van der Waals surface area contributed by atoms with Crippen LogP contribution in [0, 0.1) is 0 Å². The molecule has 17 heavy (non-hydrogen) atoms. The Labute approximate surface area is 120 Å². The van der Waals surface area contributed by atoms with E-state index in [4.69, 9.17) is 4.74 Å². The first-order valence-corrected chi connectivity index (χ1v) is 7.21. The van der Waals surface area contributed by atoms with Gasteiger partial charge in [0.05, 0.1) is 7.11 Å². The van der Waals surface area contributed by atoms with Gasteiger partial charge in [0.25, 0.3) is 0 Å². The second-order valence-electron chi connectivity index (χ2n) is 3.30. The molecule has 0 saturated carbocycles. The van der Waals surface area contributed by atoms with Crippen LogP contribution >= 0.6 is 43.2 Å². The van der Waals surface area contributed by atoms with Crippen molar-refractivity contribution in [3.05, 3.63) is 43.2 Å². The number of methoxy groups -OCH3 is 1. The molecule has 2 aromatic rings. The van der Waals surface area contributed by atoms with Crippen LogP contribution in [0.5, 0.6) is 5.75 Å². The maximum atomic E-state index is 10.3. The molecule has 0 bridgehead atoms. The first-order chi connectivity index (χ1) is 8.11. The Bertz CT molecular complexity index is 530. The van der Waals surface area contributed by atoms with E-state index in [1.165, 1.54) is 11.3 Å². The van der Waals surface area contributed by atoms with Gasteiger partial charge in [-0.25, -0.2) is 4.98 Å². The summed E-state index contributed by atoms with van der Waals surface area (Å²) in [6.07, 6.45) is -0.779. The van der Waals surface area contributed by atoms with Gasteiger partial charge >= 0.3 is 0 Å². The fourth-order valence-corrected chi connectivity index (χ4v) is 3.09. The van der Waals surface area contributed by atoms with Crippen LogP contribution in [-0.2, 0) is 0 Å². The van der Waals surface area contributed by atoms with Crippen molar-refractivity contribution < 1.29 is 9.84 Å². The predicted octanol–water partition coefficient (Wildman–Crippen LogP) is 3.76. The highest BCUT2D eigenvalue weighted by molar-refractivity contribution is 9.10. The monoisotopic (exact) mass is 377 g/mol. The number of nitrogens with zero attached hydrogens (tertiary/aromatic N) is 1. The molecule has 1 aromatic carbocycles. The molecule has 1 unspecified atom stereocenters. The summed E-state index contributed by atoms with van der Waals surface area (Å²) in [7, 11) is 1.58. The smallest absolute Gasteiger partial charge is 0.134 e. The van der Waals surface area contributed by atoms with Crippen molar-refractivity contribution in [3.63, 3.8) is 0 Å². The summed E-state index contributed by atoms with van der Waals surface area (Å²) in [6, 6.07) is 5.51. The molecular formula is C11H9Br2NO2S. The number of benzene rings is 1. The minimum absolute atomic E-state index is 0.633. The van der Waals surface area contributed by atoms with Gasteiger partial charge in [-0.15, -0.1) is 11.3 Å². The van der Waals surface area contributed by atoms with E-state index in [1.54, 1.807) is 7.11 Å². The van der Waals surface area contributed by atoms with Crippen molar-refractivity contribution in [1.82, 2.24) is 4.98 Å². The highest BCUT2D eigenvalue weighted by Crippen LogP contribution is 2.34. The Morgan fingerprint density at radius 1 is 1.41 bits per heavy atom. The van der Waals surface area contributed by atoms with Gasteiger partial charge in [0.2, 0.25) is 0 Å². The molecule has 1 N–H and O–H groups in total. The van der Waals surface area contributed by atoms with Gasteiger partial charge in [-0.3, -0.25) is 0 Å². The maximum absolute atomic E-state index is 10.3. The van der Waals surface area contributed by atoms with Crippen molar-refractivity contribution in [2.75, 3.05) is 7.11 Å². The summed E-state index contributed by atoms with van der Waals surface area (Å²) in [5.41, 5.74) is 0.698. The van der Waals surface area contributed by atoms with Crippen molar-refractivity contribution in [3.8, 4) is 5.75 Å². The quantitative estimate of drug-likeness (QED) is 0.884. The third-order valence-corrected chi connectivity index (χ3v) is 4.31. The lowest BCUT2D eigenvalue weighted by Crippen LogP contribution is -2.02. The van der Waals surface area contributed by atoms with E-state index in [-0.39, 0.29) is 0 Å². The predicted molar refractivity (Wildman–Crippen MR) is 74.6 cm³/mol. The van der Waals surface area contributed by atoms with E-state index in [1.807, 2.05) is 23.6 Å². The molecule has 1 heterocycles. The number of aliphatic hydroxyl groups is 1. The molecule has 0 aliphatic rings. The molecule has 0 spiro atoms. The molecule has 2 rings (SSSR count).